The van der Waals surface area contributed by atoms with Crippen LogP contribution in [0.1, 0.15) is 18.1 Å². The first-order chi connectivity index (χ1) is 9.28. The molecule has 2 aromatic rings. The molecule has 1 aromatic carbocycles. The molecular formula is C16H20N2O. The van der Waals surface area contributed by atoms with Crippen LogP contribution in [0.2, 0.25) is 0 Å². The Morgan fingerprint density at radius 2 is 1.95 bits per heavy atom. The van der Waals surface area contributed by atoms with Crippen molar-refractivity contribution >= 4 is 0 Å². The van der Waals surface area contributed by atoms with E-state index in [1.165, 1.54) is 11.1 Å². The maximum Gasteiger partial charge on any atom is 0.137 e. The number of rotatable bonds is 6. The Morgan fingerprint density at radius 3 is 2.68 bits per heavy atom. The monoisotopic (exact) mass is 256 g/mol. The predicted molar refractivity (Wildman–Crippen MR) is 77.2 cm³/mol. The number of nitrogens with zero attached hydrogens (tertiary/aromatic N) is 1. The van der Waals surface area contributed by atoms with Crippen LogP contribution in [0.3, 0.4) is 0 Å². The summed E-state index contributed by atoms with van der Waals surface area (Å²) in [6, 6.07) is 12.2. The molecule has 0 spiro atoms. The number of pyridine rings is 1. The summed E-state index contributed by atoms with van der Waals surface area (Å²) in [4.78, 5) is 4.15. The van der Waals surface area contributed by atoms with Crippen LogP contribution < -0.4 is 10.5 Å². The van der Waals surface area contributed by atoms with Gasteiger partial charge in [-0.1, -0.05) is 37.3 Å². The normalized spacial score (nSPS) is 12.1. The largest absolute Gasteiger partial charge is 0.490 e. The molecular weight excluding hydrogens is 236 g/mol. The van der Waals surface area contributed by atoms with Gasteiger partial charge in [0.25, 0.3) is 0 Å². The lowest BCUT2D eigenvalue weighted by Crippen LogP contribution is -2.30. The fourth-order valence-corrected chi connectivity index (χ4v) is 1.92. The van der Waals surface area contributed by atoms with Crippen molar-refractivity contribution in [2.24, 2.45) is 5.73 Å². The number of aromatic nitrogens is 1. The first-order valence-corrected chi connectivity index (χ1v) is 6.64. The van der Waals surface area contributed by atoms with Gasteiger partial charge in [-0.05, 0) is 30.0 Å². The van der Waals surface area contributed by atoms with Gasteiger partial charge in [-0.3, -0.25) is 4.98 Å². The Labute approximate surface area is 114 Å². The fourth-order valence-electron chi connectivity index (χ4n) is 1.92. The first kappa shape index (κ1) is 13.6. The van der Waals surface area contributed by atoms with Gasteiger partial charge in [0.05, 0.1) is 6.20 Å². The highest BCUT2D eigenvalue weighted by Crippen LogP contribution is 2.12. The second-order valence-corrected chi connectivity index (χ2v) is 4.64. The van der Waals surface area contributed by atoms with Crippen molar-refractivity contribution < 1.29 is 4.74 Å². The van der Waals surface area contributed by atoms with Gasteiger partial charge >= 0.3 is 0 Å². The second kappa shape index (κ2) is 6.90. The Kier molecular flexibility index (Phi) is 4.93. The van der Waals surface area contributed by atoms with Gasteiger partial charge in [-0.2, -0.15) is 0 Å². The van der Waals surface area contributed by atoms with Crippen LogP contribution in [0.25, 0.3) is 0 Å². The van der Waals surface area contributed by atoms with Gasteiger partial charge in [0, 0.05) is 12.2 Å². The van der Waals surface area contributed by atoms with Crippen LogP contribution in [0, 0.1) is 0 Å². The maximum atomic E-state index is 6.08. The highest BCUT2D eigenvalue weighted by atomic mass is 16.5. The van der Waals surface area contributed by atoms with Gasteiger partial charge in [0.2, 0.25) is 0 Å². The van der Waals surface area contributed by atoms with E-state index in [2.05, 4.69) is 24.0 Å². The van der Waals surface area contributed by atoms with Crippen molar-refractivity contribution in [1.82, 2.24) is 4.98 Å². The van der Waals surface area contributed by atoms with Crippen molar-refractivity contribution in [3.8, 4) is 5.75 Å². The smallest absolute Gasteiger partial charge is 0.137 e. The molecule has 100 valence electrons. The minimum Gasteiger partial charge on any atom is -0.490 e. The molecule has 3 heteroatoms. The van der Waals surface area contributed by atoms with E-state index in [1.54, 1.807) is 6.20 Å². The van der Waals surface area contributed by atoms with Gasteiger partial charge in [-0.25, -0.2) is 0 Å². The number of hydrogen-bond donors (Lipinski definition) is 1. The summed E-state index contributed by atoms with van der Waals surface area (Å²) in [5.74, 6) is 0.794. The van der Waals surface area contributed by atoms with Crippen LogP contribution in [0.15, 0.2) is 48.8 Å². The average molecular weight is 256 g/mol. The third-order valence-electron chi connectivity index (χ3n) is 2.98. The van der Waals surface area contributed by atoms with Crippen molar-refractivity contribution in [1.29, 1.82) is 0 Å². The average Bonchev–Trinajstić information content (AvgIpc) is 2.46. The molecule has 0 saturated heterocycles. The molecule has 0 aliphatic heterocycles. The molecule has 1 heterocycles. The van der Waals surface area contributed by atoms with Crippen molar-refractivity contribution in [2.75, 3.05) is 6.61 Å². The van der Waals surface area contributed by atoms with E-state index < -0.39 is 0 Å². The highest BCUT2D eigenvalue weighted by Gasteiger charge is 2.05. The van der Waals surface area contributed by atoms with Crippen LogP contribution in [-0.4, -0.2) is 17.6 Å². The molecule has 0 amide bonds. The molecule has 3 nitrogen and oxygen atoms in total. The summed E-state index contributed by atoms with van der Waals surface area (Å²) in [7, 11) is 0. The second-order valence-electron chi connectivity index (χ2n) is 4.64. The molecule has 0 bridgehead atoms. The van der Waals surface area contributed by atoms with E-state index in [9.17, 15) is 0 Å². The Hall–Kier alpha value is -1.87. The van der Waals surface area contributed by atoms with Gasteiger partial charge in [-0.15, -0.1) is 0 Å². The standard InChI is InChI=1S/C16H20N2O/c1-2-13-9-16(11-18-10-13)19-12-15(17)8-14-6-4-3-5-7-14/h3-7,9-11,15H,2,8,12,17H2,1H3/t15-/m0/s1. The number of ether oxygens (including phenoxy) is 1. The van der Waals surface area contributed by atoms with Gasteiger partial charge in [0.1, 0.15) is 12.4 Å². The molecule has 0 aliphatic carbocycles. The van der Waals surface area contributed by atoms with Crippen LogP contribution in [0.5, 0.6) is 5.75 Å². The lowest BCUT2D eigenvalue weighted by atomic mass is 10.1. The minimum absolute atomic E-state index is 0.00678. The third-order valence-corrected chi connectivity index (χ3v) is 2.98. The predicted octanol–water partition coefficient (Wildman–Crippen LogP) is 2.59. The molecule has 0 unspecified atom stereocenters. The van der Waals surface area contributed by atoms with E-state index in [0.29, 0.717) is 6.61 Å². The fraction of sp³-hybridized carbons (Fsp3) is 0.312. The topological polar surface area (TPSA) is 48.1 Å². The summed E-state index contributed by atoms with van der Waals surface area (Å²) in [6.45, 7) is 2.60. The molecule has 19 heavy (non-hydrogen) atoms. The SMILES string of the molecule is CCc1cncc(OC[C@@H](N)Cc2ccccc2)c1. The molecule has 0 saturated carbocycles. The van der Waals surface area contributed by atoms with Gasteiger partial charge < -0.3 is 10.5 Å². The van der Waals surface area contributed by atoms with E-state index >= 15 is 0 Å². The van der Waals surface area contributed by atoms with Gasteiger partial charge in [0.15, 0.2) is 0 Å². The summed E-state index contributed by atoms with van der Waals surface area (Å²) in [6.07, 6.45) is 5.37. The lowest BCUT2D eigenvalue weighted by Gasteiger charge is -2.13. The summed E-state index contributed by atoms with van der Waals surface area (Å²) in [5.41, 5.74) is 8.49. The van der Waals surface area contributed by atoms with E-state index in [1.807, 2.05) is 30.5 Å². The van der Waals surface area contributed by atoms with Crippen LogP contribution >= 0.6 is 0 Å². The Balaban J connectivity index is 1.84. The van der Waals surface area contributed by atoms with Crippen molar-refractivity contribution in [2.45, 2.75) is 25.8 Å². The summed E-state index contributed by atoms with van der Waals surface area (Å²) < 4.78 is 5.69. The number of aryl methyl sites for hydroxylation is 1. The molecule has 2 rings (SSSR count). The third kappa shape index (κ3) is 4.38. The first-order valence-electron chi connectivity index (χ1n) is 6.64. The van der Waals surface area contributed by atoms with E-state index in [4.69, 9.17) is 10.5 Å². The zero-order valence-corrected chi connectivity index (χ0v) is 11.3. The summed E-state index contributed by atoms with van der Waals surface area (Å²) >= 11 is 0. The van der Waals surface area contributed by atoms with Crippen LogP contribution in [-0.2, 0) is 12.8 Å². The number of benzene rings is 1. The summed E-state index contributed by atoms with van der Waals surface area (Å²) in [5, 5.41) is 0. The highest BCUT2D eigenvalue weighted by molar-refractivity contribution is 5.23. The molecule has 0 radical (unpaired) electrons. The lowest BCUT2D eigenvalue weighted by molar-refractivity contribution is 0.286. The zero-order valence-electron chi connectivity index (χ0n) is 11.3. The Bertz CT molecular complexity index is 499. The molecule has 1 aromatic heterocycles. The zero-order chi connectivity index (χ0) is 13.5. The molecule has 0 aliphatic rings. The quantitative estimate of drug-likeness (QED) is 0.864. The van der Waals surface area contributed by atoms with Crippen molar-refractivity contribution in [3.05, 3.63) is 59.9 Å². The number of nitrogens with two attached hydrogens (primary N) is 1. The van der Waals surface area contributed by atoms with Crippen LogP contribution in [0.4, 0.5) is 0 Å². The molecule has 2 N–H and O–H groups in total. The minimum atomic E-state index is -0.00678. The molecule has 0 fully saturated rings. The van der Waals surface area contributed by atoms with E-state index in [-0.39, 0.29) is 6.04 Å². The Morgan fingerprint density at radius 1 is 1.16 bits per heavy atom. The van der Waals surface area contributed by atoms with E-state index in [0.717, 1.165) is 18.6 Å². The number of hydrogen-bond acceptors (Lipinski definition) is 3. The van der Waals surface area contributed by atoms with Crippen molar-refractivity contribution in [3.63, 3.8) is 0 Å². The molecule has 1 atom stereocenters. The maximum absolute atomic E-state index is 6.08.